The Bertz CT molecular complexity index is 495. The van der Waals surface area contributed by atoms with Crippen LogP contribution in [-0.2, 0) is 0 Å². The first-order valence-corrected chi connectivity index (χ1v) is 8.11. The third kappa shape index (κ3) is 3.28. The van der Waals surface area contributed by atoms with Gasteiger partial charge in [-0.05, 0) is 40.6 Å². The van der Waals surface area contributed by atoms with E-state index in [4.69, 9.17) is 4.98 Å². The molecule has 3 nitrogen and oxygen atoms in total. The summed E-state index contributed by atoms with van der Waals surface area (Å²) in [6.45, 7) is 6.41. The smallest absolute Gasteiger partial charge is 0.265 e. The van der Waals surface area contributed by atoms with Crippen molar-refractivity contribution in [2.24, 2.45) is 5.92 Å². The average Bonchev–Trinajstić information content (AvgIpc) is 2.41. The Morgan fingerprint density at radius 3 is 2.79 bits per heavy atom. The van der Waals surface area contributed by atoms with Crippen LogP contribution in [0, 0.1) is 5.92 Å². The van der Waals surface area contributed by atoms with Crippen molar-refractivity contribution in [3.8, 4) is 0 Å². The molecule has 1 aliphatic carbocycles. The molecule has 0 spiro atoms. The summed E-state index contributed by atoms with van der Waals surface area (Å²) in [6.07, 6.45) is 6.12. The number of aromatic nitrogens is 2. The number of hydrogen-bond donors (Lipinski definition) is 1. The van der Waals surface area contributed by atoms with Crippen LogP contribution in [0.3, 0.4) is 0 Å². The van der Waals surface area contributed by atoms with Gasteiger partial charge in [-0.25, -0.2) is 4.98 Å². The topological polar surface area (TPSA) is 45.8 Å². The second-order valence-corrected chi connectivity index (χ2v) is 6.74. The molecule has 1 saturated carbocycles. The lowest BCUT2D eigenvalue weighted by atomic mass is 9.80. The van der Waals surface area contributed by atoms with Crippen LogP contribution >= 0.6 is 15.9 Å². The van der Waals surface area contributed by atoms with Gasteiger partial charge in [0.15, 0.2) is 0 Å². The number of hydrogen-bond acceptors (Lipinski definition) is 2. The first-order valence-electron chi connectivity index (χ1n) is 7.32. The normalized spacial score (nSPS) is 23.8. The predicted octanol–water partition coefficient (Wildman–Crippen LogP) is 4.34. The maximum Gasteiger partial charge on any atom is 0.265 e. The third-order valence-electron chi connectivity index (χ3n) is 4.20. The van der Waals surface area contributed by atoms with Crippen molar-refractivity contribution >= 4 is 15.9 Å². The van der Waals surface area contributed by atoms with E-state index in [1.165, 1.54) is 25.7 Å². The zero-order valence-electron chi connectivity index (χ0n) is 12.0. The number of aromatic amines is 1. The van der Waals surface area contributed by atoms with E-state index in [0.29, 0.717) is 10.4 Å². The molecule has 1 aromatic rings. The minimum atomic E-state index is -0.0349. The van der Waals surface area contributed by atoms with Gasteiger partial charge in [0.2, 0.25) is 0 Å². The Morgan fingerprint density at radius 2 is 2.16 bits per heavy atom. The summed E-state index contributed by atoms with van der Waals surface area (Å²) in [5.41, 5.74) is 0.852. The molecule has 0 bridgehead atoms. The lowest BCUT2D eigenvalue weighted by Gasteiger charge is -2.28. The summed E-state index contributed by atoms with van der Waals surface area (Å²) in [4.78, 5) is 19.7. The molecule has 19 heavy (non-hydrogen) atoms. The zero-order valence-corrected chi connectivity index (χ0v) is 13.6. The Labute approximate surface area is 123 Å². The molecule has 2 atom stereocenters. The summed E-state index contributed by atoms with van der Waals surface area (Å²) >= 11 is 3.36. The molecule has 0 amide bonds. The molecule has 1 aliphatic rings. The van der Waals surface area contributed by atoms with Crippen LogP contribution < -0.4 is 5.56 Å². The maximum absolute atomic E-state index is 12.0. The summed E-state index contributed by atoms with van der Waals surface area (Å²) in [5, 5.41) is 0. The molecule has 2 rings (SSSR count). The van der Waals surface area contributed by atoms with Gasteiger partial charge < -0.3 is 4.98 Å². The van der Waals surface area contributed by atoms with Gasteiger partial charge in [0.25, 0.3) is 5.56 Å². The largest absolute Gasteiger partial charge is 0.309 e. The third-order valence-corrected chi connectivity index (χ3v) is 4.97. The van der Waals surface area contributed by atoms with Crippen LogP contribution in [0.4, 0.5) is 0 Å². The van der Waals surface area contributed by atoms with E-state index in [2.05, 4.69) is 41.7 Å². The summed E-state index contributed by atoms with van der Waals surface area (Å²) in [6, 6.07) is 0. The molecule has 2 unspecified atom stereocenters. The number of halogens is 1. The summed E-state index contributed by atoms with van der Waals surface area (Å²) in [7, 11) is 0. The van der Waals surface area contributed by atoms with Gasteiger partial charge >= 0.3 is 0 Å². The summed E-state index contributed by atoms with van der Waals surface area (Å²) < 4.78 is 0.592. The van der Waals surface area contributed by atoms with Crippen molar-refractivity contribution in [3.63, 3.8) is 0 Å². The van der Waals surface area contributed by atoms with Crippen LogP contribution in [0.15, 0.2) is 9.27 Å². The second-order valence-electron chi connectivity index (χ2n) is 5.94. The van der Waals surface area contributed by atoms with Crippen molar-refractivity contribution in [2.45, 2.75) is 64.7 Å². The molecule has 0 radical (unpaired) electrons. The average molecular weight is 327 g/mol. The zero-order chi connectivity index (χ0) is 14.0. The monoisotopic (exact) mass is 326 g/mol. The molecule has 0 aromatic carbocycles. The van der Waals surface area contributed by atoms with E-state index in [1.807, 2.05) is 0 Å². The van der Waals surface area contributed by atoms with Gasteiger partial charge in [0.1, 0.15) is 10.3 Å². The maximum atomic E-state index is 12.0. The first-order chi connectivity index (χ1) is 9.02. The van der Waals surface area contributed by atoms with Gasteiger partial charge in [0, 0.05) is 5.92 Å². The second kappa shape index (κ2) is 6.21. The minimum absolute atomic E-state index is 0.0349. The fourth-order valence-electron chi connectivity index (χ4n) is 2.98. The van der Waals surface area contributed by atoms with E-state index < -0.39 is 0 Å². The number of nitrogens with zero attached hydrogens (tertiary/aromatic N) is 1. The van der Waals surface area contributed by atoms with E-state index in [-0.39, 0.29) is 11.5 Å². The highest BCUT2D eigenvalue weighted by atomic mass is 79.9. The molecule has 0 aliphatic heterocycles. The van der Waals surface area contributed by atoms with Crippen molar-refractivity contribution in [1.82, 2.24) is 9.97 Å². The fraction of sp³-hybridized carbons (Fsp3) is 0.733. The van der Waals surface area contributed by atoms with Gasteiger partial charge in [-0.15, -0.1) is 0 Å². The SMILES string of the molecule is CCC1CCCC(c2nc(C(C)C)c(Br)c(=O)[nH]2)C1. The van der Waals surface area contributed by atoms with E-state index in [1.54, 1.807) is 0 Å². The molecule has 106 valence electrons. The van der Waals surface area contributed by atoms with E-state index >= 15 is 0 Å². The van der Waals surface area contributed by atoms with E-state index in [0.717, 1.165) is 23.9 Å². The quantitative estimate of drug-likeness (QED) is 0.897. The predicted molar refractivity (Wildman–Crippen MR) is 81.6 cm³/mol. The number of rotatable bonds is 3. The fourth-order valence-corrected chi connectivity index (χ4v) is 3.63. The van der Waals surface area contributed by atoms with Gasteiger partial charge in [0.05, 0.1) is 5.69 Å². The van der Waals surface area contributed by atoms with Crippen LogP contribution in [0.5, 0.6) is 0 Å². The van der Waals surface area contributed by atoms with Gasteiger partial charge in [-0.1, -0.05) is 40.0 Å². The molecule has 1 fully saturated rings. The first kappa shape index (κ1) is 14.8. The van der Waals surface area contributed by atoms with Gasteiger partial charge in [-0.2, -0.15) is 0 Å². The molecule has 4 heteroatoms. The molecular weight excluding hydrogens is 304 g/mol. The highest BCUT2D eigenvalue weighted by molar-refractivity contribution is 9.10. The van der Waals surface area contributed by atoms with Crippen LogP contribution in [0.25, 0.3) is 0 Å². The highest BCUT2D eigenvalue weighted by Crippen LogP contribution is 2.36. The van der Waals surface area contributed by atoms with Crippen molar-refractivity contribution in [2.75, 3.05) is 0 Å². The van der Waals surface area contributed by atoms with Crippen molar-refractivity contribution in [3.05, 3.63) is 26.3 Å². The molecule has 1 heterocycles. The molecule has 1 aromatic heterocycles. The van der Waals surface area contributed by atoms with E-state index in [9.17, 15) is 4.79 Å². The number of nitrogens with one attached hydrogen (secondary N) is 1. The standard InChI is InChI=1S/C15H23BrN2O/c1-4-10-6-5-7-11(8-10)14-17-13(9(2)3)12(16)15(19)18-14/h9-11H,4-8H2,1-3H3,(H,17,18,19). The van der Waals surface area contributed by atoms with Gasteiger partial charge in [-0.3, -0.25) is 4.79 Å². The summed E-state index contributed by atoms with van der Waals surface area (Å²) in [5.74, 6) is 2.38. The lowest BCUT2D eigenvalue weighted by molar-refractivity contribution is 0.306. The lowest BCUT2D eigenvalue weighted by Crippen LogP contribution is -2.22. The van der Waals surface area contributed by atoms with Crippen LogP contribution in [-0.4, -0.2) is 9.97 Å². The van der Waals surface area contributed by atoms with Crippen molar-refractivity contribution in [1.29, 1.82) is 0 Å². The Hall–Kier alpha value is -0.640. The Morgan fingerprint density at radius 1 is 1.42 bits per heavy atom. The Balaban J connectivity index is 2.32. The van der Waals surface area contributed by atoms with Crippen LogP contribution in [0.2, 0.25) is 0 Å². The minimum Gasteiger partial charge on any atom is -0.309 e. The Kier molecular flexibility index (Phi) is 4.82. The molecule has 1 N–H and O–H groups in total. The van der Waals surface area contributed by atoms with Crippen molar-refractivity contribution < 1.29 is 0 Å². The van der Waals surface area contributed by atoms with Crippen LogP contribution in [0.1, 0.15) is 76.2 Å². The molecule has 0 saturated heterocycles. The highest BCUT2D eigenvalue weighted by Gasteiger charge is 2.25. The molecular formula is C15H23BrN2O. The number of H-pyrrole nitrogens is 1.